The van der Waals surface area contributed by atoms with Gasteiger partial charge >= 0.3 is 0 Å². The number of carbonyl (C=O) groups is 1. The molecule has 4 nitrogen and oxygen atoms in total. The van der Waals surface area contributed by atoms with Crippen LogP contribution in [-0.4, -0.2) is 31.0 Å². The van der Waals surface area contributed by atoms with Gasteiger partial charge in [0, 0.05) is 6.04 Å². The van der Waals surface area contributed by atoms with Crippen molar-refractivity contribution in [2.75, 3.05) is 25.5 Å². The van der Waals surface area contributed by atoms with E-state index in [-0.39, 0.29) is 11.9 Å². The number of benzene rings is 2. The van der Waals surface area contributed by atoms with E-state index in [0.29, 0.717) is 22.3 Å². The predicted molar refractivity (Wildman–Crippen MR) is 106 cm³/mol. The van der Waals surface area contributed by atoms with E-state index in [1.54, 1.807) is 13.2 Å². The van der Waals surface area contributed by atoms with E-state index in [1.165, 1.54) is 5.56 Å². The van der Waals surface area contributed by atoms with Crippen molar-refractivity contribution in [2.45, 2.75) is 25.8 Å². The molecule has 0 radical (unpaired) electrons. The molecule has 26 heavy (non-hydrogen) atoms. The van der Waals surface area contributed by atoms with Gasteiger partial charge in [0.2, 0.25) is 5.91 Å². The van der Waals surface area contributed by atoms with Gasteiger partial charge in [0.1, 0.15) is 5.75 Å². The summed E-state index contributed by atoms with van der Waals surface area (Å²) < 4.78 is 5.22. The molecule has 1 saturated heterocycles. The molecule has 2 aromatic carbocycles. The first-order valence-corrected chi connectivity index (χ1v) is 9.37. The second kappa shape index (κ2) is 8.30. The van der Waals surface area contributed by atoms with Crippen molar-refractivity contribution in [3.63, 3.8) is 0 Å². The number of amides is 1. The molecule has 0 spiro atoms. The topological polar surface area (TPSA) is 41.6 Å². The molecule has 0 aliphatic carbocycles. The fourth-order valence-electron chi connectivity index (χ4n) is 3.35. The van der Waals surface area contributed by atoms with Gasteiger partial charge in [-0.2, -0.15) is 0 Å². The van der Waals surface area contributed by atoms with Crippen molar-refractivity contribution in [1.29, 1.82) is 0 Å². The number of carbonyl (C=O) groups excluding carboxylic acids is 1. The third kappa shape index (κ3) is 4.14. The van der Waals surface area contributed by atoms with Gasteiger partial charge in [-0.3, -0.25) is 9.69 Å². The maximum atomic E-state index is 12.6. The lowest BCUT2D eigenvalue weighted by atomic mass is 10.0. The van der Waals surface area contributed by atoms with E-state index in [4.69, 9.17) is 27.9 Å². The van der Waals surface area contributed by atoms with Gasteiger partial charge < -0.3 is 10.1 Å². The first-order chi connectivity index (χ1) is 12.5. The van der Waals surface area contributed by atoms with E-state index in [9.17, 15) is 4.79 Å². The smallest absolute Gasteiger partial charge is 0.238 e. The minimum atomic E-state index is -0.111. The molecule has 1 N–H and O–H groups in total. The Labute approximate surface area is 164 Å². The van der Waals surface area contributed by atoms with Crippen molar-refractivity contribution in [2.24, 2.45) is 0 Å². The van der Waals surface area contributed by atoms with Crippen LogP contribution in [0.1, 0.15) is 30.0 Å². The van der Waals surface area contributed by atoms with E-state index in [0.717, 1.165) is 30.7 Å². The Morgan fingerprint density at radius 2 is 1.96 bits per heavy atom. The maximum Gasteiger partial charge on any atom is 0.238 e. The van der Waals surface area contributed by atoms with E-state index in [2.05, 4.69) is 22.3 Å². The number of aryl methyl sites for hydroxylation is 1. The molecule has 0 bridgehead atoms. The lowest BCUT2D eigenvalue weighted by Crippen LogP contribution is -2.33. The number of nitrogens with one attached hydrogen (secondary N) is 1. The zero-order valence-electron chi connectivity index (χ0n) is 14.9. The zero-order valence-corrected chi connectivity index (χ0v) is 16.4. The Bertz CT molecular complexity index is 793. The summed E-state index contributed by atoms with van der Waals surface area (Å²) in [6.45, 7) is 3.07. The number of halogens is 2. The van der Waals surface area contributed by atoms with Crippen molar-refractivity contribution >= 4 is 34.8 Å². The number of hydrogen-bond donors (Lipinski definition) is 1. The fraction of sp³-hybridized carbons (Fsp3) is 0.350. The third-order valence-electron chi connectivity index (χ3n) is 4.76. The zero-order chi connectivity index (χ0) is 18.7. The molecule has 6 heteroatoms. The molecule has 1 aliphatic rings. The Morgan fingerprint density at radius 1 is 1.23 bits per heavy atom. The molecule has 1 heterocycles. The first kappa shape index (κ1) is 19.0. The molecular weight excluding hydrogens is 371 g/mol. The highest BCUT2D eigenvalue weighted by molar-refractivity contribution is 6.40. The second-order valence-electron chi connectivity index (χ2n) is 6.50. The van der Waals surface area contributed by atoms with Crippen LogP contribution in [0.5, 0.6) is 5.75 Å². The summed E-state index contributed by atoms with van der Waals surface area (Å²) in [5.41, 5.74) is 2.56. The molecular formula is C20H22Cl2N2O2. The van der Waals surface area contributed by atoms with Crippen LogP contribution in [0.3, 0.4) is 0 Å². The molecule has 138 valence electrons. The van der Waals surface area contributed by atoms with Crippen LogP contribution in [0.15, 0.2) is 36.4 Å². The van der Waals surface area contributed by atoms with Gasteiger partial charge in [-0.05, 0) is 55.6 Å². The van der Waals surface area contributed by atoms with Gasteiger partial charge in [-0.25, -0.2) is 0 Å². The molecule has 0 saturated carbocycles. The molecule has 1 fully saturated rings. The summed E-state index contributed by atoms with van der Waals surface area (Å²) in [5.74, 6) is 0.722. The largest absolute Gasteiger partial charge is 0.497 e. The Balaban J connectivity index is 1.69. The number of likely N-dealkylation sites (tertiary alicyclic amines) is 1. The minimum Gasteiger partial charge on any atom is -0.497 e. The summed E-state index contributed by atoms with van der Waals surface area (Å²) in [4.78, 5) is 14.8. The SMILES string of the molecule is COc1ccc([C@@H]2CCCN2CC(=O)Nc2c(Cl)ccc(C)c2Cl)cc1. The predicted octanol–water partition coefficient (Wildman–Crippen LogP) is 5.09. The van der Waals surface area contributed by atoms with Crippen molar-refractivity contribution in [3.8, 4) is 5.75 Å². The number of methoxy groups -OCH3 is 1. The van der Waals surface area contributed by atoms with Crippen molar-refractivity contribution in [3.05, 3.63) is 57.6 Å². The molecule has 0 unspecified atom stereocenters. The Morgan fingerprint density at radius 3 is 2.65 bits per heavy atom. The molecule has 2 aromatic rings. The van der Waals surface area contributed by atoms with E-state index < -0.39 is 0 Å². The lowest BCUT2D eigenvalue weighted by Gasteiger charge is -2.24. The van der Waals surface area contributed by atoms with Gasteiger partial charge in [0.15, 0.2) is 0 Å². The van der Waals surface area contributed by atoms with Crippen LogP contribution >= 0.6 is 23.2 Å². The average Bonchev–Trinajstić information content (AvgIpc) is 3.10. The fourth-order valence-corrected chi connectivity index (χ4v) is 3.82. The monoisotopic (exact) mass is 392 g/mol. The van der Waals surface area contributed by atoms with Crippen LogP contribution in [0, 0.1) is 6.92 Å². The standard InChI is InChI=1S/C20H22Cl2N2O2/c1-13-5-10-16(21)20(19(13)22)23-18(25)12-24-11-3-4-17(24)14-6-8-15(26-2)9-7-14/h5-10,17H,3-4,11-12H2,1-2H3,(H,23,25)/t17-/m0/s1. The molecule has 1 aliphatic heterocycles. The minimum absolute atomic E-state index is 0.111. The highest BCUT2D eigenvalue weighted by atomic mass is 35.5. The quantitative estimate of drug-likeness (QED) is 0.770. The number of ether oxygens (including phenoxy) is 1. The van der Waals surface area contributed by atoms with E-state index >= 15 is 0 Å². The molecule has 0 aromatic heterocycles. The van der Waals surface area contributed by atoms with Crippen LogP contribution in [0.25, 0.3) is 0 Å². The first-order valence-electron chi connectivity index (χ1n) is 8.62. The van der Waals surface area contributed by atoms with Crippen LogP contribution in [-0.2, 0) is 4.79 Å². The van der Waals surface area contributed by atoms with Crippen molar-refractivity contribution < 1.29 is 9.53 Å². The van der Waals surface area contributed by atoms with Gasteiger partial charge in [0.05, 0.1) is 29.4 Å². The maximum absolute atomic E-state index is 12.6. The number of nitrogens with zero attached hydrogens (tertiary/aromatic N) is 1. The third-order valence-corrected chi connectivity index (χ3v) is 5.56. The average molecular weight is 393 g/mol. The molecule has 1 amide bonds. The number of rotatable bonds is 5. The number of anilines is 1. The van der Waals surface area contributed by atoms with E-state index in [1.807, 2.05) is 25.1 Å². The van der Waals surface area contributed by atoms with Crippen LogP contribution in [0.2, 0.25) is 10.0 Å². The summed E-state index contributed by atoms with van der Waals surface area (Å²) in [7, 11) is 1.66. The van der Waals surface area contributed by atoms with Crippen LogP contribution < -0.4 is 10.1 Å². The van der Waals surface area contributed by atoms with Gasteiger partial charge in [0.25, 0.3) is 0 Å². The molecule has 3 rings (SSSR count). The molecule has 1 atom stereocenters. The van der Waals surface area contributed by atoms with Crippen LogP contribution in [0.4, 0.5) is 5.69 Å². The highest BCUT2D eigenvalue weighted by Crippen LogP contribution is 2.34. The Kier molecular flexibility index (Phi) is 6.07. The van der Waals surface area contributed by atoms with Crippen molar-refractivity contribution in [1.82, 2.24) is 4.90 Å². The lowest BCUT2D eigenvalue weighted by molar-refractivity contribution is -0.117. The summed E-state index contributed by atoms with van der Waals surface area (Å²) in [6, 6.07) is 11.8. The Hall–Kier alpha value is -1.75. The normalized spacial score (nSPS) is 17.3. The van der Waals surface area contributed by atoms with Gasteiger partial charge in [-0.15, -0.1) is 0 Å². The second-order valence-corrected chi connectivity index (χ2v) is 7.29. The summed E-state index contributed by atoms with van der Waals surface area (Å²) in [5, 5.41) is 3.80. The number of hydrogen-bond acceptors (Lipinski definition) is 3. The summed E-state index contributed by atoms with van der Waals surface area (Å²) >= 11 is 12.5. The van der Waals surface area contributed by atoms with Gasteiger partial charge in [-0.1, -0.05) is 41.4 Å². The highest BCUT2D eigenvalue weighted by Gasteiger charge is 2.28. The summed E-state index contributed by atoms with van der Waals surface area (Å²) in [6.07, 6.45) is 2.10.